The van der Waals surface area contributed by atoms with E-state index in [4.69, 9.17) is 39.5 Å². The van der Waals surface area contributed by atoms with Crippen molar-refractivity contribution in [3.05, 3.63) is 71.9 Å². The van der Waals surface area contributed by atoms with Crippen molar-refractivity contribution < 1.29 is 9.53 Å². The number of hydrogen-bond acceptors (Lipinski definition) is 3. The Morgan fingerprint density at radius 2 is 1.83 bits per heavy atom. The lowest BCUT2D eigenvalue weighted by Crippen LogP contribution is -2.06. The van der Waals surface area contributed by atoms with Crippen LogP contribution in [0.5, 0.6) is 0 Å². The lowest BCUT2D eigenvalue weighted by Gasteiger charge is -2.02. The summed E-state index contributed by atoms with van der Waals surface area (Å²) in [6, 6.07) is 10.4. The molecule has 7 heteroatoms. The lowest BCUT2D eigenvalue weighted by atomic mass is 10.2. The standard InChI is InChI=1S/C16H7Cl3INO2/c17-9-2-1-8(13(19)6-9)5-14-16(22)23-15(21-14)11-7-10(20)3-4-12(11)18/h1-7H/b14-5-. The molecule has 0 radical (unpaired) electrons. The number of ether oxygens (including phenoxy) is 1. The van der Waals surface area contributed by atoms with Crippen molar-refractivity contribution in [2.45, 2.75) is 0 Å². The predicted molar refractivity (Wildman–Crippen MR) is 101 cm³/mol. The van der Waals surface area contributed by atoms with Gasteiger partial charge in [0.2, 0.25) is 5.90 Å². The summed E-state index contributed by atoms with van der Waals surface area (Å²) in [4.78, 5) is 16.2. The molecule has 1 aliphatic rings. The Labute approximate surface area is 161 Å². The van der Waals surface area contributed by atoms with Gasteiger partial charge in [0, 0.05) is 13.6 Å². The minimum Gasteiger partial charge on any atom is -0.402 e. The number of nitrogens with zero attached hydrogens (tertiary/aromatic N) is 1. The third-order valence-corrected chi connectivity index (χ3v) is 4.60. The minimum atomic E-state index is -0.555. The van der Waals surface area contributed by atoms with Crippen LogP contribution in [0.1, 0.15) is 11.1 Å². The van der Waals surface area contributed by atoms with Crippen LogP contribution in [0.15, 0.2) is 47.1 Å². The van der Waals surface area contributed by atoms with E-state index in [-0.39, 0.29) is 11.6 Å². The number of carbonyl (C=O) groups is 1. The summed E-state index contributed by atoms with van der Waals surface area (Å²) in [6.07, 6.45) is 1.55. The summed E-state index contributed by atoms with van der Waals surface area (Å²) in [5, 5.41) is 1.40. The zero-order chi connectivity index (χ0) is 16.6. The van der Waals surface area contributed by atoms with E-state index in [0.717, 1.165) is 3.57 Å². The Morgan fingerprint density at radius 3 is 2.57 bits per heavy atom. The van der Waals surface area contributed by atoms with E-state index < -0.39 is 5.97 Å². The van der Waals surface area contributed by atoms with Gasteiger partial charge in [-0.25, -0.2) is 9.79 Å². The van der Waals surface area contributed by atoms with Gasteiger partial charge >= 0.3 is 5.97 Å². The van der Waals surface area contributed by atoms with Crippen molar-refractivity contribution in [1.29, 1.82) is 0 Å². The van der Waals surface area contributed by atoms with Crippen molar-refractivity contribution in [3.8, 4) is 0 Å². The number of cyclic esters (lactones) is 1. The molecule has 23 heavy (non-hydrogen) atoms. The monoisotopic (exact) mass is 477 g/mol. The third kappa shape index (κ3) is 3.71. The van der Waals surface area contributed by atoms with Crippen LogP contribution in [-0.4, -0.2) is 11.9 Å². The van der Waals surface area contributed by atoms with Gasteiger partial charge in [0.25, 0.3) is 0 Å². The number of benzene rings is 2. The molecule has 2 aromatic rings. The van der Waals surface area contributed by atoms with Gasteiger partial charge in [0.1, 0.15) is 0 Å². The van der Waals surface area contributed by atoms with Crippen LogP contribution >= 0.6 is 57.4 Å². The summed E-state index contributed by atoms with van der Waals surface area (Å²) in [5.74, 6) is -0.379. The number of hydrogen-bond donors (Lipinski definition) is 0. The molecule has 0 saturated heterocycles. The van der Waals surface area contributed by atoms with Crippen LogP contribution in [0.3, 0.4) is 0 Å². The first kappa shape index (κ1) is 16.8. The van der Waals surface area contributed by atoms with Crippen molar-refractivity contribution in [1.82, 2.24) is 0 Å². The zero-order valence-electron chi connectivity index (χ0n) is 11.3. The second-order valence-electron chi connectivity index (χ2n) is 4.63. The first-order chi connectivity index (χ1) is 10.9. The van der Waals surface area contributed by atoms with Gasteiger partial charge in [-0.2, -0.15) is 0 Å². The van der Waals surface area contributed by atoms with Gasteiger partial charge in [0.15, 0.2) is 5.70 Å². The predicted octanol–water partition coefficient (Wildman–Crippen LogP) is 5.60. The molecule has 1 aliphatic heterocycles. The molecule has 0 unspecified atom stereocenters. The second kappa shape index (κ2) is 6.81. The molecule has 0 amide bonds. The quantitative estimate of drug-likeness (QED) is 0.320. The summed E-state index contributed by atoms with van der Waals surface area (Å²) in [5.41, 5.74) is 1.35. The molecule has 0 aliphatic carbocycles. The molecule has 0 bridgehead atoms. The molecule has 0 aromatic heterocycles. The molecule has 0 spiro atoms. The molecule has 0 saturated carbocycles. The smallest absolute Gasteiger partial charge is 0.363 e. The van der Waals surface area contributed by atoms with E-state index >= 15 is 0 Å². The fraction of sp³-hybridized carbons (Fsp3) is 0. The summed E-state index contributed by atoms with van der Waals surface area (Å²) in [6.45, 7) is 0. The van der Waals surface area contributed by atoms with Crippen molar-refractivity contribution >= 4 is 75.3 Å². The van der Waals surface area contributed by atoms with E-state index in [1.165, 1.54) is 0 Å². The van der Waals surface area contributed by atoms with Crippen LogP contribution in [0, 0.1) is 3.57 Å². The van der Waals surface area contributed by atoms with E-state index in [1.54, 1.807) is 36.4 Å². The Hall–Kier alpha value is -1.08. The van der Waals surface area contributed by atoms with Crippen LogP contribution in [0.2, 0.25) is 15.1 Å². The SMILES string of the molecule is O=C1OC(c2cc(I)ccc2Cl)=N/C1=C\c1ccc(Cl)cc1Cl. The molecular formula is C16H7Cl3INO2. The van der Waals surface area contributed by atoms with Crippen molar-refractivity contribution in [3.63, 3.8) is 0 Å². The molecule has 1 heterocycles. The largest absolute Gasteiger partial charge is 0.402 e. The Balaban J connectivity index is 2.01. The van der Waals surface area contributed by atoms with E-state index in [9.17, 15) is 4.79 Å². The molecule has 2 aromatic carbocycles. The molecular weight excluding hydrogens is 471 g/mol. The van der Waals surface area contributed by atoms with Crippen LogP contribution < -0.4 is 0 Å². The number of aliphatic imine (C=N–C) groups is 1. The lowest BCUT2D eigenvalue weighted by molar-refractivity contribution is -0.129. The topological polar surface area (TPSA) is 38.7 Å². The van der Waals surface area contributed by atoms with Crippen LogP contribution in [0.25, 0.3) is 6.08 Å². The maximum absolute atomic E-state index is 12.0. The number of carbonyl (C=O) groups excluding carboxylic acids is 1. The van der Waals surface area contributed by atoms with Gasteiger partial charge in [-0.05, 0) is 64.6 Å². The van der Waals surface area contributed by atoms with E-state index in [0.29, 0.717) is 26.2 Å². The normalized spacial score (nSPS) is 15.7. The molecule has 3 nitrogen and oxygen atoms in total. The maximum Gasteiger partial charge on any atom is 0.363 e. The van der Waals surface area contributed by atoms with Gasteiger partial charge in [-0.15, -0.1) is 0 Å². The zero-order valence-corrected chi connectivity index (χ0v) is 15.7. The second-order valence-corrected chi connectivity index (χ2v) is 7.12. The van der Waals surface area contributed by atoms with Crippen molar-refractivity contribution in [2.24, 2.45) is 4.99 Å². The van der Waals surface area contributed by atoms with Crippen LogP contribution in [-0.2, 0) is 9.53 Å². The molecule has 116 valence electrons. The Bertz CT molecular complexity index is 878. The molecule has 0 fully saturated rings. The molecule has 0 N–H and O–H groups in total. The van der Waals surface area contributed by atoms with E-state index in [2.05, 4.69) is 27.6 Å². The highest BCUT2D eigenvalue weighted by atomic mass is 127. The number of esters is 1. The molecule has 0 atom stereocenters. The third-order valence-electron chi connectivity index (χ3n) is 3.03. The summed E-state index contributed by atoms with van der Waals surface area (Å²) in [7, 11) is 0. The first-order valence-corrected chi connectivity index (χ1v) is 8.58. The van der Waals surface area contributed by atoms with Gasteiger partial charge in [-0.3, -0.25) is 0 Å². The van der Waals surface area contributed by atoms with Crippen LogP contribution in [0.4, 0.5) is 0 Å². The maximum atomic E-state index is 12.0. The highest BCUT2D eigenvalue weighted by molar-refractivity contribution is 14.1. The van der Waals surface area contributed by atoms with Gasteiger partial charge < -0.3 is 4.74 Å². The number of halogens is 4. The highest BCUT2D eigenvalue weighted by Gasteiger charge is 2.26. The fourth-order valence-electron chi connectivity index (χ4n) is 1.95. The average Bonchev–Trinajstić information content (AvgIpc) is 2.85. The summed E-state index contributed by atoms with van der Waals surface area (Å²) >= 11 is 20.3. The Morgan fingerprint density at radius 1 is 1.04 bits per heavy atom. The van der Waals surface area contributed by atoms with Gasteiger partial charge in [-0.1, -0.05) is 40.9 Å². The first-order valence-electron chi connectivity index (χ1n) is 6.37. The van der Waals surface area contributed by atoms with Gasteiger partial charge in [0.05, 0.1) is 10.6 Å². The Kier molecular flexibility index (Phi) is 4.96. The van der Waals surface area contributed by atoms with E-state index in [1.807, 2.05) is 6.07 Å². The van der Waals surface area contributed by atoms with Crippen molar-refractivity contribution in [2.75, 3.05) is 0 Å². The fourth-order valence-corrected chi connectivity index (χ4v) is 3.10. The average molecular weight is 479 g/mol. The number of rotatable bonds is 2. The minimum absolute atomic E-state index is 0.152. The highest BCUT2D eigenvalue weighted by Crippen LogP contribution is 2.27. The molecule has 3 rings (SSSR count). The summed E-state index contributed by atoms with van der Waals surface area (Å²) < 4.78 is 6.17.